The summed E-state index contributed by atoms with van der Waals surface area (Å²) in [6.07, 6.45) is 0.990. The molecule has 2 saturated heterocycles. The Kier molecular flexibility index (Phi) is 10.4. The maximum Gasteiger partial charge on any atom is 0.411 e. The molecule has 272 valence electrons. The number of carbonyl (C=O) groups excluding carboxylic acids is 5. The number of anilines is 1. The van der Waals surface area contributed by atoms with Crippen molar-refractivity contribution in [3.8, 4) is 11.5 Å². The molecule has 15 nitrogen and oxygen atoms in total. The lowest BCUT2D eigenvalue weighted by molar-refractivity contribution is -0.136. The number of piperidine rings is 2. The molecule has 3 aliphatic heterocycles. The van der Waals surface area contributed by atoms with Crippen molar-refractivity contribution in [1.82, 2.24) is 20.5 Å². The van der Waals surface area contributed by atoms with E-state index in [-0.39, 0.29) is 72.9 Å². The Morgan fingerprint density at radius 2 is 1.75 bits per heavy atom. The molecule has 3 heterocycles. The minimum atomic E-state index is -0.761. The summed E-state index contributed by atoms with van der Waals surface area (Å²) in [4.78, 5) is 70.8. The van der Waals surface area contributed by atoms with E-state index in [0.717, 1.165) is 0 Å². The minimum absolute atomic E-state index is 0.00132. The number of ether oxygens (including phenoxy) is 1. The lowest BCUT2D eigenvalue weighted by Crippen LogP contribution is -2.52. The lowest BCUT2D eigenvalue weighted by Gasteiger charge is -2.31. The Balaban J connectivity index is 0.995. The molecule has 1 atom stereocenters. The number of rotatable bonds is 8. The van der Waals surface area contributed by atoms with E-state index in [0.29, 0.717) is 65.1 Å². The molecule has 2 fully saturated rings. The van der Waals surface area contributed by atoms with Crippen LogP contribution in [0.4, 0.5) is 16.2 Å². The van der Waals surface area contributed by atoms with Crippen molar-refractivity contribution in [2.75, 3.05) is 25.0 Å². The fourth-order valence-corrected chi connectivity index (χ4v) is 6.75. The summed E-state index contributed by atoms with van der Waals surface area (Å²) < 4.78 is 5.53. The van der Waals surface area contributed by atoms with Crippen LogP contribution < -0.4 is 21.9 Å². The number of amides is 5. The Hall–Kier alpha value is -5.96. The van der Waals surface area contributed by atoms with Crippen LogP contribution in [0.25, 0.3) is 0 Å². The first-order valence-corrected chi connectivity index (χ1v) is 17.1. The van der Waals surface area contributed by atoms with E-state index in [1.807, 2.05) is 13.8 Å². The van der Waals surface area contributed by atoms with Gasteiger partial charge < -0.3 is 30.2 Å². The zero-order valence-electron chi connectivity index (χ0n) is 28.8. The first kappa shape index (κ1) is 35.9. The van der Waals surface area contributed by atoms with Gasteiger partial charge in [-0.25, -0.2) is 15.6 Å². The number of benzene rings is 3. The van der Waals surface area contributed by atoms with Crippen LogP contribution in [-0.4, -0.2) is 81.3 Å². The molecule has 3 aliphatic rings. The van der Waals surface area contributed by atoms with Gasteiger partial charge in [0.1, 0.15) is 17.5 Å². The van der Waals surface area contributed by atoms with Crippen LogP contribution in [0.15, 0.2) is 59.6 Å². The minimum Gasteiger partial charge on any atom is -0.508 e. The second-order valence-electron chi connectivity index (χ2n) is 13.4. The van der Waals surface area contributed by atoms with Gasteiger partial charge in [-0.2, -0.15) is 0 Å². The highest BCUT2D eigenvalue weighted by Crippen LogP contribution is 2.34. The molecule has 6 rings (SSSR count). The highest BCUT2D eigenvalue weighted by molar-refractivity contribution is 6.06. The van der Waals surface area contributed by atoms with Crippen LogP contribution in [0.3, 0.4) is 0 Å². The number of nitrogens with two attached hydrogens (primary N) is 1. The van der Waals surface area contributed by atoms with Crippen LogP contribution in [0, 0.1) is 5.92 Å². The predicted molar refractivity (Wildman–Crippen MR) is 190 cm³/mol. The molecule has 7 N–H and O–H groups in total. The third kappa shape index (κ3) is 7.54. The van der Waals surface area contributed by atoms with Gasteiger partial charge in [0, 0.05) is 54.5 Å². The molecule has 5 amide bonds. The number of aliphatic imine (C=N–C) groups is 1. The lowest BCUT2D eigenvalue weighted by atomic mass is 9.97. The zero-order chi connectivity index (χ0) is 37.1. The molecule has 0 saturated carbocycles. The average molecular weight is 712 g/mol. The standard InChI is InChI=1S/C37H41N7O8/c1-20(2)25-16-26(31(46)17-30(25)45)33(42-38)39-23-8-6-22(7-9-23)35(49)43-14-12-21(13-15-43)19-52-37(51)40-28-5-3-4-24-27(28)18-44(36(24)50)29-10-11-32(47)41-34(29)48/h3-9,16-17,20-21,29,45-46H,10-15,18-19,38H2,1-2H3,(H,39,42)(H,40,51)(H,41,47,48). The largest absolute Gasteiger partial charge is 0.508 e. The number of likely N-dealkylation sites (tertiary alicyclic amines) is 1. The fourth-order valence-electron chi connectivity index (χ4n) is 6.75. The Morgan fingerprint density at radius 1 is 1.02 bits per heavy atom. The van der Waals surface area contributed by atoms with E-state index in [4.69, 9.17) is 10.6 Å². The van der Waals surface area contributed by atoms with Crippen molar-refractivity contribution >= 4 is 46.9 Å². The van der Waals surface area contributed by atoms with Crippen LogP contribution in [0.5, 0.6) is 11.5 Å². The number of hydrogen-bond acceptors (Lipinski definition) is 10. The molecule has 1 unspecified atom stereocenters. The molecular weight excluding hydrogens is 670 g/mol. The summed E-state index contributed by atoms with van der Waals surface area (Å²) in [6, 6.07) is 13.8. The first-order valence-electron chi connectivity index (χ1n) is 17.1. The number of carbonyl (C=O) groups is 5. The molecule has 0 spiro atoms. The van der Waals surface area contributed by atoms with Crippen LogP contribution in [0.1, 0.15) is 82.9 Å². The number of amidine groups is 1. The normalized spacial score (nSPS) is 18.0. The molecule has 0 aromatic heterocycles. The van der Waals surface area contributed by atoms with E-state index in [9.17, 15) is 34.2 Å². The molecule has 0 aliphatic carbocycles. The number of fused-ring (bicyclic) bond motifs is 1. The maximum absolute atomic E-state index is 13.3. The highest BCUT2D eigenvalue weighted by Gasteiger charge is 2.40. The molecule has 3 aromatic rings. The quantitative estimate of drug-likeness (QED) is 0.0656. The number of hydrazine groups is 1. The van der Waals surface area contributed by atoms with Gasteiger partial charge in [-0.1, -0.05) is 19.9 Å². The van der Waals surface area contributed by atoms with Gasteiger partial charge in [0.25, 0.3) is 11.8 Å². The number of aromatic hydroxyl groups is 2. The van der Waals surface area contributed by atoms with E-state index >= 15 is 0 Å². The van der Waals surface area contributed by atoms with Gasteiger partial charge in [0.2, 0.25) is 11.8 Å². The van der Waals surface area contributed by atoms with Crippen molar-refractivity contribution in [1.29, 1.82) is 0 Å². The van der Waals surface area contributed by atoms with Gasteiger partial charge >= 0.3 is 6.09 Å². The van der Waals surface area contributed by atoms with E-state index in [2.05, 4.69) is 21.1 Å². The van der Waals surface area contributed by atoms with Gasteiger partial charge in [-0.15, -0.1) is 0 Å². The van der Waals surface area contributed by atoms with Crippen molar-refractivity contribution in [3.63, 3.8) is 0 Å². The Bertz CT molecular complexity index is 1940. The highest BCUT2D eigenvalue weighted by atomic mass is 16.5. The summed E-state index contributed by atoms with van der Waals surface area (Å²) in [7, 11) is 0. The van der Waals surface area contributed by atoms with E-state index in [1.165, 1.54) is 11.0 Å². The van der Waals surface area contributed by atoms with Gasteiger partial charge in [0.05, 0.1) is 17.9 Å². The molecule has 3 aromatic carbocycles. The van der Waals surface area contributed by atoms with Gasteiger partial charge in [0.15, 0.2) is 5.84 Å². The summed E-state index contributed by atoms with van der Waals surface area (Å²) in [6.45, 7) is 5.08. The number of imide groups is 1. The number of hydrogen-bond donors (Lipinski definition) is 6. The number of phenolic OH excluding ortho intramolecular Hbond substituents is 2. The smallest absolute Gasteiger partial charge is 0.411 e. The van der Waals surface area contributed by atoms with E-state index < -0.39 is 18.0 Å². The fraction of sp³-hybridized carbons (Fsp3) is 0.351. The molecule has 0 radical (unpaired) electrons. The van der Waals surface area contributed by atoms with Crippen LogP contribution >= 0.6 is 0 Å². The van der Waals surface area contributed by atoms with Crippen LogP contribution in [0.2, 0.25) is 0 Å². The number of phenols is 2. The third-order valence-corrected chi connectivity index (χ3v) is 9.68. The second-order valence-corrected chi connectivity index (χ2v) is 13.4. The topological polar surface area (TPSA) is 216 Å². The Morgan fingerprint density at radius 3 is 2.42 bits per heavy atom. The SMILES string of the molecule is CC(C)c1cc(C(=Nc2ccc(C(=O)N3CCC(COC(=O)Nc4cccc5c4CN(C4CCC(=O)NC4=O)C5=O)CC3)cc2)NN)c(O)cc1O. The zero-order valence-corrected chi connectivity index (χ0v) is 28.8. The first-order chi connectivity index (χ1) is 24.9. The number of nitrogens with one attached hydrogen (secondary N) is 3. The second kappa shape index (κ2) is 15.1. The van der Waals surface area contributed by atoms with Crippen molar-refractivity contribution in [2.24, 2.45) is 16.8 Å². The molecule has 52 heavy (non-hydrogen) atoms. The Labute approximate surface area is 299 Å². The monoisotopic (exact) mass is 711 g/mol. The van der Waals surface area contributed by atoms with Crippen molar-refractivity contribution in [2.45, 2.75) is 58.0 Å². The summed E-state index contributed by atoms with van der Waals surface area (Å²) >= 11 is 0. The van der Waals surface area contributed by atoms with Gasteiger partial charge in [-0.05, 0) is 79.1 Å². The van der Waals surface area contributed by atoms with Gasteiger partial charge in [-0.3, -0.25) is 29.8 Å². The molecular formula is C37H41N7O8. The molecule has 0 bridgehead atoms. The third-order valence-electron chi connectivity index (χ3n) is 9.68. The van der Waals surface area contributed by atoms with Crippen molar-refractivity contribution < 1.29 is 38.9 Å². The predicted octanol–water partition coefficient (Wildman–Crippen LogP) is 3.62. The summed E-state index contributed by atoms with van der Waals surface area (Å²) in [5.41, 5.74) is 5.81. The maximum atomic E-state index is 13.3. The van der Waals surface area contributed by atoms with Crippen LogP contribution in [-0.2, 0) is 20.9 Å². The average Bonchev–Trinajstić information content (AvgIpc) is 3.46. The van der Waals surface area contributed by atoms with Crippen molar-refractivity contribution in [3.05, 3.63) is 82.4 Å². The summed E-state index contributed by atoms with van der Waals surface area (Å²) in [5.74, 6) is 4.41. The molecule has 15 heteroatoms. The number of nitrogens with zero attached hydrogens (tertiary/aromatic N) is 3. The van der Waals surface area contributed by atoms with E-state index in [1.54, 1.807) is 53.4 Å². The summed E-state index contributed by atoms with van der Waals surface area (Å²) in [5, 5.41) is 25.6.